The molecule has 3 aliphatic rings. The van der Waals surface area contributed by atoms with Crippen LogP contribution in [0.5, 0.6) is 0 Å². The Hall–Kier alpha value is -0.0400. The molecule has 62 valence electrons. The van der Waals surface area contributed by atoms with Crippen molar-refractivity contribution >= 4 is 0 Å². The van der Waals surface area contributed by atoms with Gasteiger partial charge in [-0.05, 0) is 50.5 Å². The molecule has 0 aromatic rings. The zero-order chi connectivity index (χ0) is 7.26. The molecular formula is C10H17N. The second-order valence-electron chi connectivity index (χ2n) is 4.61. The Morgan fingerprint density at radius 2 is 1.64 bits per heavy atom. The highest BCUT2D eigenvalue weighted by atomic mass is 15.2. The molecule has 0 unspecified atom stereocenters. The molecular weight excluding hydrogens is 134 g/mol. The molecule has 3 fully saturated rings. The third-order valence-electron chi connectivity index (χ3n) is 4.18. The van der Waals surface area contributed by atoms with Crippen LogP contribution >= 0.6 is 0 Å². The molecule has 0 radical (unpaired) electrons. The summed E-state index contributed by atoms with van der Waals surface area (Å²) in [5, 5.41) is 0. The van der Waals surface area contributed by atoms with Crippen LogP contribution in [-0.2, 0) is 0 Å². The van der Waals surface area contributed by atoms with Crippen LogP contribution in [0.4, 0.5) is 0 Å². The van der Waals surface area contributed by atoms with E-state index in [2.05, 4.69) is 4.90 Å². The van der Waals surface area contributed by atoms with Crippen LogP contribution in [0, 0.1) is 11.8 Å². The summed E-state index contributed by atoms with van der Waals surface area (Å²) in [6, 6.07) is 1.01. The Labute approximate surface area is 68.8 Å². The van der Waals surface area contributed by atoms with Crippen molar-refractivity contribution in [3.05, 3.63) is 0 Å². The predicted molar refractivity (Wildman–Crippen MR) is 45.4 cm³/mol. The molecule has 0 bridgehead atoms. The Bertz CT molecular complexity index is 148. The van der Waals surface area contributed by atoms with Crippen molar-refractivity contribution in [3.8, 4) is 0 Å². The second kappa shape index (κ2) is 2.22. The zero-order valence-corrected chi connectivity index (χ0v) is 7.13. The SMILES string of the molecule is C1C[C@H]2CN3CC[C@@H]3CC[C@H]12. The second-order valence-corrected chi connectivity index (χ2v) is 4.61. The normalized spacial score (nSPS) is 49.6. The first-order chi connectivity index (χ1) is 5.43. The lowest BCUT2D eigenvalue weighted by molar-refractivity contribution is 0.0612. The standard InChI is InChI=1S/C10H17N/c1-2-9-7-11-6-5-10(11)4-3-8(1)9/h8-10H,1-7H2/t8-,9-,10-/m0/s1. The smallest absolute Gasteiger partial charge is 0.0108 e. The number of hydrogen-bond donors (Lipinski definition) is 0. The minimum Gasteiger partial charge on any atom is -0.300 e. The van der Waals surface area contributed by atoms with Gasteiger partial charge in [0, 0.05) is 12.6 Å². The molecule has 1 heteroatoms. The minimum atomic E-state index is 1.01. The summed E-state index contributed by atoms with van der Waals surface area (Å²) in [6.45, 7) is 2.86. The van der Waals surface area contributed by atoms with Crippen molar-refractivity contribution < 1.29 is 0 Å². The maximum atomic E-state index is 2.73. The van der Waals surface area contributed by atoms with E-state index in [0.29, 0.717) is 0 Å². The Balaban J connectivity index is 1.72. The van der Waals surface area contributed by atoms with Gasteiger partial charge in [0.25, 0.3) is 0 Å². The van der Waals surface area contributed by atoms with Crippen molar-refractivity contribution in [2.75, 3.05) is 13.1 Å². The molecule has 0 N–H and O–H groups in total. The van der Waals surface area contributed by atoms with E-state index < -0.39 is 0 Å². The first-order valence-electron chi connectivity index (χ1n) is 5.17. The van der Waals surface area contributed by atoms with E-state index in [1.54, 1.807) is 12.8 Å². The largest absolute Gasteiger partial charge is 0.300 e. The maximum Gasteiger partial charge on any atom is 0.0108 e. The summed E-state index contributed by atoms with van der Waals surface area (Å²) in [7, 11) is 0. The van der Waals surface area contributed by atoms with Crippen molar-refractivity contribution in [1.29, 1.82) is 0 Å². The first-order valence-corrected chi connectivity index (χ1v) is 5.17. The fraction of sp³-hybridized carbons (Fsp3) is 1.00. The van der Waals surface area contributed by atoms with Crippen molar-refractivity contribution in [2.45, 2.75) is 38.1 Å². The molecule has 2 aliphatic heterocycles. The summed E-state index contributed by atoms with van der Waals surface area (Å²) in [5.74, 6) is 2.25. The van der Waals surface area contributed by atoms with Crippen LogP contribution in [0.2, 0.25) is 0 Å². The van der Waals surface area contributed by atoms with Crippen molar-refractivity contribution in [1.82, 2.24) is 4.90 Å². The molecule has 0 spiro atoms. The van der Waals surface area contributed by atoms with Gasteiger partial charge in [-0.1, -0.05) is 0 Å². The molecule has 3 atom stereocenters. The molecule has 3 rings (SSSR count). The molecule has 1 aliphatic carbocycles. The van der Waals surface area contributed by atoms with Gasteiger partial charge in [0.2, 0.25) is 0 Å². The van der Waals surface area contributed by atoms with Gasteiger partial charge in [0.15, 0.2) is 0 Å². The highest BCUT2D eigenvalue weighted by Gasteiger charge is 2.40. The molecule has 0 aromatic carbocycles. The van der Waals surface area contributed by atoms with Gasteiger partial charge in [-0.15, -0.1) is 0 Å². The highest BCUT2D eigenvalue weighted by Crippen LogP contribution is 2.43. The summed E-state index contributed by atoms with van der Waals surface area (Å²) in [6.07, 6.45) is 7.64. The summed E-state index contributed by atoms with van der Waals surface area (Å²) >= 11 is 0. The zero-order valence-electron chi connectivity index (χ0n) is 7.13. The molecule has 0 aromatic heterocycles. The Morgan fingerprint density at radius 1 is 0.818 bits per heavy atom. The van der Waals surface area contributed by atoms with Crippen molar-refractivity contribution in [2.24, 2.45) is 11.8 Å². The molecule has 1 nitrogen and oxygen atoms in total. The van der Waals surface area contributed by atoms with E-state index in [0.717, 1.165) is 17.9 Å². The summed E-state index contributed by atoms with van der Waals surface area (Å²) in [5.41, 5.74) is 0. The van der Waals surface area contributed by atoms with Gasteiger partial charge in [-0.2, -0.15) is 0 Å². The molecule has 0 amide bonds. The molecule has 11 heavy (non-hydrogen) atoms. The van der Waals surface area contributed by atoms with Gasteiger partial charge in [0.1, 0.15) is 0 Å². The third-order valence-corrected chi connectivity index (χ3v) is 4.18. The molecule has 2 heterocycles. The summed E-state index contributed by atoms with van der Waals surface area (Å²) in [4.78, 5) is 2.73. The minimum absolute atomic E-state index is 1.01. The van der Waals surface area contributed by atoms with E-state index in [1.807, 2.05) is 0 Å². The lowest BCUT2D eigenvalue weighted by atomic mass is 9.72. The fourth-order valence-electron chi connectivity index (χ4n) is 3.03. The topological polar surface area (TPSA) is 3.24 Å². The molecule has 1 saturated carbocycles. The van der Waals surface area contributed by atoms with Crippen LogP contribution in [0.3, 0.4) is 0 Å². The quantitative estimate of drug-likeness (QED) is 0.511. The molecule has 2 saturated heterocycles. The highest BCUT2D eigenvalue weighted by molar-refractivity contribution is 4.93. The monoisotopic (exact) mass is 151 g/mol. The van der Waals surface area contributed by atoms with Crippen LogP contribution in [-0.4, -0.2) is 24.0 Å². The Kier molecular flexibility index (Phi) is 1.31. The first kappa shape index (κ1) is 6.47. The van der Waals surface area contributed by atoms with E-state index in [-0.39, 0.29) is 0 Å². The predicted octanol–water partition coefficient (Wildman–Crippen LogP) is 1.88. The van der Waals surface area contributed by atoms with Crippen LogP contribution in [0.1, 0.15) is 32.1 Å². The number of rotatable bonds is 0. The maximum absolute atomic E-state index is 2.73. The number of nitrogens with zero attached hydrogens (tertiary/aromatic N) is 1. The summed E-state index contributed by atoms with van der Waals surface area (Å²) < 4.78 is 0. The van der Waals surface area contributed by atoms with E-state index in [4.69, 9.17) is 0 Å². The van der Waals surface area contributed by atoms with Crippen LogP contribution in [0.15, 0.2) is 0 Å². The van der Waals surface area contributed by atoms with Crippen LogP contribution < -0.4 is 0 Å². The van der Waals surface area contributed by atoms with Gasteiger partial charge in [-0.25, -0.2) is 0 Å². The van der Waals surface area contributed by atoms with Gasteiger partial charge in [0.05, 0.1) is 0 Å². The van der Waals surface area contributed by atoms with E-state index in [1.165, 1.54) is 32.4 Å². The van der Waals surface area contributed by atoms with E-state index >= 15 is 0 Å². The number of fused-ring (bicyclic) bond motifs is 2. The van der Waals surface area contributed by atoms with Gasteiger partial charge < -0.3 is 0 Å². The van der Waals surface area contributed by atoms with Crippen LogP contribution in [0.25, 0.3) is 0 Å². The number of hydrogen-bond acceptors (Lipinski definition) is 1. The van der Waals surface area contributed by atoms with Gasteiger partial charge in [-0.3, -0.25) is 4.90 Å². The lowest BCUT2D eigenvalue weighted by Gasteiger charge is -2.42. The van der Waals surface area contributed by atoms with Crippen molar-refractivity contribution in [3.63, 3.8) is 0 Å². The van der Waals surface area contributed by atoms with E-state index in [9.17, 15) is 0 Å². The fourth-order valence-corrected chi connectivity index (χ4v) is 3.03. The third kappa shape index (κ3) is 0.868. The average molecular weight is 151 g/mol. The van der Waals surface area contributed by atoms with Gasteiger partial charge >= 0.3 is 0 Å². The Morgan fingerprint density at radius 3 is 2.27 bits per heavy atom. The average Bonchev–Trinajstić information content (AvgIpc) is 1.98. The lowest BCUT2D eigenvalue weighted by Crippen LogP contribution is -2.48.